The standard InChI is InChI=1S/C11H10N2O4S2/c14-9-4-1-3-8(7-9)11(15)12-13-19(16,17)10-5-2-6-18-10/h1-7,13-14H,(H,12,15). The Bertz CT molecular complexity index is 680. The maximum atomic E-state index is 11.7. The monoisotopic (exact) mass is 298 g/mol. The first-order valence-electron chi connectivity index (χ1n) is 5.14. The van der Waals surface area contributed by atoms with Gasteiger partial charge < -0.3 is 5.11 Å². The molecule has 8 heteroatoms. The number of aromatic hydroxyl groups is 1. The van der Waals surface area contributed by atoms with E-state index in [0.29, 0.717) is 0 Å². The molecule has 0 atom stereocenters. The van der Waals surface area contributed by atoms with Gasteiger partial charge in [-0.05, 0) is 29.6 Å². The van der Waals surface area contributed by atoms with E-state index in [2.05, 4.69) is 5.43 Å². The van der Waals surface area contributed by atoms with Gasteiger partial charge >= 0.3 is 0 Å². The van der Waals surface area contributed by atoms with Crippen LogP contribution in [0.2, 0.25) is 0 Å². The van der Waals surface area contributed by atoms with Crippen molar-refractivity contribution in [2.75, 3.05) is 0 Å². The molecule has 3 N–H and O–H groups in total. The van der Waals surface area contributed by atoms with Crippen LogP contribution >= 0.6 is 11.3 Å². The summed E-state index contributed by atoms with van der Waals surface area (Å²) in [6.07, 6.45) is 0. The van der Waals surface area contributed by atoms with Crippen molar-refractivity contribution in [3.63, 3.8) is 0 Å². The van der Waals surface area contributed by atoms with Gasteiger partial charge in [-0.3, -0.25) is 10.2 Å². The van der Waals surface area contributed by atoms with E-state index in [1.165, 1.54) is 30.3 Å². The maximum absolute atomic E-state index is 11.7. The van der Waals surface area contributed by atoms with E-state index in [1.54, 1.807) is 11.4 Å². The first-order valence-corrected chi connectivity index (χ1v) is 7.50. The van der Waals surface area contributed by atoms with Gasteiger partial charge in [-0.1, -0.05) is 12.1 Å². The van der Waals surface area contributed by atoms with Crippen molar-refractivity contribution in [2.45, 2.75) is 4.21 Å². The van der Waals surface area contributed by atoms with Crippen LogP contribution in [0.3, 0.4) is 0 Å². The molecule has 0 aliphatic heterocycles. The number of nitrogens with one attached hydrogen (secondary N) is 2. The molecule has 0 saturated heterocycles. The number of carbonyl (C=O) groups is 1. The Hall–Kier alpha value is -1.90. The fraction of sp³-hybridized carbons (Fsp3) is 0. The maximum Gasteiger partial charge on any atom is 0.266 e. The van der Waals surface area contributed by atoms with Crippen molar-refractivity contribution in [3.05, 3.63) is 47.3 Å². The minimum Gasteiger partial charge on any atom is -0.508 e. The molecule has 0 saturated carbocycles. The molecule has 19 heavy (non-hydrogen) atoms. The van der Waals surface area contributed by atoms with Crippen LogP contribution in [0.4, 0.5) is 0 Å². The molecule has 0 aliphatic rings. The normalized spacial score (nSPS) is 11.2. The molecule has 2 rings (SSSR count). The highest BCUT2D eigenvalue weighted by atomic mass is 32.2. The quantitative estimate of drug-likeness (QED) is 0.736. The van der Waals surface area contributed by atoms with Crippen LogP contribution in [0.25, 0.3) is 0 Å². The molecule has 0 bridgehead atoms. The fourth-order valence-corrected chi connectivity index (χ4v) is 3.13. The Morgan fingerprint density at radius 2 is 2.00 bits per heavy atom. The molecular formula is C11H10N2O4S2. The van der Waals surface area contributed by atoms with Gasteiger partial charge in [0.15, 0.2) is 0 Å². The predicted octanol–water partition coefficient (Wildman–Crippen LogP) is 1.08. The molecule has 2 aromatic rings. The third-order valence-corrected chi connectivity index (χ3v) is 4.81. The molecule has 1 aromatic carbocycles. The summed E-state index contributed by atoms with van der Waals surface area (Å²) in [5.74, 6) is -0.732. The van der Waals surface area contributed by atoms with Crippen LogP contribution in [0.15, 0.2) is 46.0 Å². The number of hydrogen-bond donors (Lipinski definition) is 3. The first-order chi connectivity index (χ1) is 8.99. The van der Waals surface area contributed by atoms with Crippen LogP contribution in [0, 0.1) is 0 Å². The zero-order valence-corrected chi connectivity index (χ0v) is 11.2. The Kier molecular flexibility index (Phi) is 3.84. The zero-order chi connectivity index (χ0) is 13.9. The lowest BCUT2D eigenvalue weighted by atomic mass is 10.2. The first kappa shape index (κ1) is 13.5. The number of thiophene rings is 1. The van der Waals surface area contributed by atoms with Crippen molar-refractivity contribution < 1.29 is 18.3 Å². The largest absolute Gasteiger partial charge is 0.508 e. The summed E-state index contributed by atoms with van der Waals surface area (Å²) in [5, 5.41) is 10.8. The van der Waals surface area contributed by atoms with Gasteiger partial charge in [0.1, 0.15) is 9.96 Å². The topological polar surface area (TPSA) is 95.5 Å². The van der Waals surface area contributed by atoms with E-state index in [0.717, 1.165) is 11.3 Å². The highest BCUT2D eigenvalue weighted by Crippen LogP contribution is 2.15. The molecule has 0 radical (unpaired) electrons. The highest BCUT2D eigenvalue weighted by molar-refractivity contribution is 7.91. The second-order valence-electron chi connectivity index (χ2n) is 3.54. The van der Waals surface area contributed by atoms with Crippen molar-refractivity contribution >= 4 is 27.3 Å². The SMILES string of the molecule is O=C(NNS(=O)(=O)c1cccs1)c1cccc(O)c1. The minimum absolute atomic E-state index is 0.0752. The molecule has 100 valence electrons. The molecule has 0 unspecified atom stereocenters. The van der Waals surface area contributed by atoms with Gasteiger partial charge in [0, 0.05) is 5.56 Å². The van der Waals surface area contributed by atoms with Crippen LogP contribution in [-0.4, -0.2) is 19.4 Å². The van der Waals surface area contributed by atoms with Crippen LogP contribution in [0.1, 0.15) is 10.4 Å². The van der Waals surface area contributed by atoms with Crippen molar-refractivity contribution in [3.8, 4) is 5.75 Å². The number of hydrazine groups is 1. The highest BCUT2D eigenvalue weighted by Gasteiger charge is 2.16. The fourth-order valence-electron chi connectivity index (χ4n) is 1.30. The summed E-state index contributed by atoms with van der Waals surface area (Å²) in [5.41, 5.74) is 2.22. The van der Waals surface area contributed by atoms with E-state index in [9.17, 15) is 18.3 Å². The van der Waals surface area contributed by atoms with Gasteiger partial charge in [0.05, 0.1) is 0 Å². The average Bonchev–Trinajstić information content (AvgIpc) is 2.90. The number of hydrogen-bond acceptors (Lipinski definition) is 5. The number of amides is 1. The molecule has 0 spiro atoms. The smallest absolute Gasteiger partial charge is 0.266 e. The van der Waals surface area contributed by atoms with Gasteiger partial charge in [-0.15, -0.1) is 16.2 Å². The van der Waals surface area contributed by atoms with Crippen molar-refractivity contribution in [1.82, 2.24) is 10.3 Å². The molecule has 1 amide bonds. The summed E-state index contributed by atoms with van der Waals surface area (Å²) in [4.78, 5) is 13.6. The van der Waals surface area contributed by atoms with Gasteiger partial charge in [0.25, 0.3) is 15.9 Å². The summed E-state index contributed by atoms with van der Waals surface area (Å²) >= 11 is 1.04. The van der Waals surface area contributed by atoms with E-state index < -0.39 is 15.9 Å². The Balaban J connectivity index is 2.05. The number of rotatable bonds is 4. The molecule has 0 fully saturated rings. The molecule has 1 heterocycles. The van der Waals surface area contributed by atoms with Gasteiger partial charge in [-0.2, -0.15) is 0 Å². The summed E-state index contributed by atoms with van der Waals surface area (Å²) < 4.78 is 23.6. The van der Waals surface area contributed by atoms with Gasteiger partial charge in [0.2, 0.25) is 0 Å². The van der Waals surface area contributed by atoms with Crippen molar-refractivity contribution in [2.24, 2.45) is 0 Å². The van der Waals surface area contributed by atoms with E-state index in [4.69, 9.17) is 0 Å². The molecular weight excluding hydrogens is 288 g/mol. The molecule has 6 nitrogen and oxygen atoms in total. The lowest BCUT2D eigenvalue weighted by Gasteiger charge is -2.07. The second kappa shape index (κ2) is 5.39. The summed E-state index contributed by atoms with van der Waals surface area (Å²) in [7, 11) is -3.76. The number of carbonyl (C=O) groups excluding carboxylic acids is 1. The van der Waals surface area contributed by atoms with Crippen LogP contribution in [-0.2, 0) is 10.0 Å². The number of sulfonamides is 1. The predicted molar refractivity (Wildman–Crippen MR) is 70.2 cm³/mol. The summed E-state index contributed by atoms with van der Waals surface area (Å²) in [6, 6.07) is 8.59. The molecule has 0 aliphatic carbocycles. The number of phenolic OH excluding ortho intramolecular Hbond substituents is 1. The molecule has 1 aromatic heterocycles. The van der Waals surface area contributed by atoms with Crippen LogP contribution in [0.5, 0.6) is 5.75 Å². The van der Waals surface area contributed by atoms with Gasteiger partial charge in [-0.25, -0.2) is 8.42 Å². The Morgan fingerprint density at radius 3 is 2.63 bits per heavy atom. The third kappa shape index (κ3) is 3.31. The van der Waals surface area contributed by atoms with E-state index >= 15 is 0 Å². The minimum atomic E-state index is -3.76. The third-order valence-electron chi connectivity index (χ3n) is 2.17. The Labute approximate surface area is 113 Å². The lowest BCUT2D eigenvalue weighted by molar-refractivity contribution is 0.0944. The van der Waals surface area contributed by atoms with Crippen molar-refractivity contribution in [1.29, 1.82) is 0 Å². The van der Waals surface area contributed by atoms with Crippen LogP contribution < -0.4 is 10.3 Å². The van der Waals surface area contributed by atoms with E-state index in [1.807, 2.05) is 4.83 Å². The summed E-state index contributed by atoms with van der Waals surface area (Å²) in [6.45, 7) is 0. The number of benzene rings is 1. The zero-order valence-electron chi connectivity index (χ0n) is 9.53. The second-order valence-corrected chi connectivity index (χ2v) is 6.40. The average molecular weight is 298 g/mol. The van der Waals surface area contributed by atoms with E-state index in [-0.39, 0.29) is 15.5 Å². The number of phenols is 1. The lowest BCUT2D eigenvalue weighted by Crippen LogP contribution is -2.41. The Morgan fingerprint density at radius 1 is 1.21 bits per heavy atom.